The normalized spacial score (nSPS) is 11.1. The van der Waals surface area contributed by atoms with Crippen LogP contribution in [0.15, 0.2) is 64.4 Å². The summed E-state index contributed by atoms with van der Waals surface area (Å²) in [4.78, 5) is 11.9. The molecule has 0 spiro atoms. The van der Waals surface area contributed by atoms with Gasteiger partial charge in [0.25, 0.3) is 0 Å². The Balaban J connectivity index is 1.49. The maximum absolute atomic E-state index is 11.9. The molecule has 134 valence electrons. The Morgan fingerprint density at radius 3 is 2.81 bits per heavy atom. The zero-order chi connectivity index (χ0) is 18.2. The quantitative estimate of drug-likeness (QED) is 0.443. The molecule has 0 aliphatic heterocycles. The molecule has 0 aliphatic carbocycles. The highest BCUT2D eigenvalue weighted by atomic mass is 32.2. The summed E-state index contributed by atoms with van der Waals surface area (Å²) >= 11 is 1.30. The second-order valence-corrected chi connectivity index (χ2v) is 6.25. The number of esters is 1. The SMILES string of the molecule is CCn1c(SCC(=O)OC/C=C/c2ccccc2)nnc1-c1ccco1. The van der Waals surface area contributed by atoms with Crippen LogP contribution in [0.4, 0.5) is 0 Å². The van der Waals surface area contributed by atoms with Crippen LogP contribution >= 0.6 is 11.8 Å². The van der Waals surface area contributed by atoms with Crippen LogP contribution in [0.5, 0.6) is 0 Å². The third-order valence-corrected chi connectivity index (χ3v) is 4.48. The van der Waals surface area contributed by atoms with Gasteiger partial charge in [0.15, 0.2) is 16.7 Å². The molecule has 0 amide bonds. The van der Waals surface area contributed by atoms with Crippen LogP contribution in [0.3, 0.4) is 0 Å². The van der Waals surface area contributed by atoms with Crippen molar-refractivity contribution in [2.24, 2.45) is 0 Å². The zero-order valence-corrected chi connectivity index (χ0v) is 15.2. The summed E-state index contributed by atoms with van der Waals surface area (Å²) in [5.74, 6) is 1.19. The third-order valence-electron chi connectivity index (χ3n) is 3.54. The van der Waals surface area contributed by atoms with Crippen molar-refractivity contribution < 1.29 is 13.9 Å². The number of rotatable bonds is 8. The van der Waals surface area contributed by atoms with E-state index in [4.69, 9.17) is 9.15 Å². The molecule has 0 bridgehead atoms. The van der Waals surface area contributed by atoms with Gasteiger partial charge in [-0.2, -0.15) is 0 Å². The van der Waals surface area contributed by atoms with E-state index in [0.29, 0.717) is 23.3 Å². The van der Waals surface area contributed by atoms with Gasteiger partial charge in [0.05, 0.1) is 12.0 Å². The molecule has 0 saturated carbocycles. The summed E-state index contributed by atoms with van der Waals surface area (Å²) in [7, 11) is 0. The van der Waals surface area contributed by atoms with E-state index in [0.717, 1.165) is 5.56 Å². The maximum atomic E-state index is 11.9. The number of ether oxygens (including phenoxy) is 1. The van der Waals surface area contributed by atoms with E-state index in [1.807, 2.05) is 60.0 Å². The van der Waals surface area contributed by atoms with Gasteiger partial charge in [-0.25, -0.2) is 0 Å². The molecule has 7 heteroatoms. The Morgan fingerprint density at radius 2 is 2.08 bits per heavy atom. The fourth-order valence-corrected chi connectivity index (χ4v) is 3.12. The summed E-state index contributed by atoms with van der Waals surface area (Å²) in [6.07, 6.45) is 5.34. The van der Waals surface area contributed by atoms with Gasteiger partial charge in [-0.15, -0.1) is 10.2 Å². The standard InChI is InChI=1S/C19H19N3O3S/c1-2-22-18(16-11-7-12-24-16)20-21-19(22)26-14-17(23)25-13-6-10-15-8-4-3-5-9-15/h3-12H,2,13-14H2,1H3/b10-6+. The van der Waals surface area contributed by atoms with Gasteiger partial charge in [0.1, 0.15) is 6.61 Å². The van der Waals surface area contributed by atoms with E-state index in [2.05, 4.69) is 10.2 Å². The van der Waals surface area contributed by atoms with Crippen molar-refractivity contribution in [3.63, 3.8) is 0 Å². The van der Waals surface area contributed by atoms with Crippen LogP contribution < -0.4 is 0 Å². The third kappa shape index (κ3) is 4.64. The molecule has 0 radical (unpaired) electrons. The first-order valence-corrected chi connectivity index (χ1v) is 9.23. The second-order valence-electron chi connectivity index (χ2n) is 5.31. The Morgan fingerprint density at radius 1 is 1.23 bits per heavy atom. The van der Waals surface area contributed by atoms with E-state index < -0.39 is 0 Å². The molecule has 0 aliphatic rings. The Kier molecular flexibility index (Phi) is 6.27. The highest BCUT2D eigenvalue weighted by Crippen LogP contribution is 2.24. The average molecular weight is 369 g/mol. The fraction of sp³-hybridized carbons (Fsp3) is 0.211. The second kappa shape index (κ2) is 9.05. The van der Waals surface area contributed by atoms with E-state index in [-0.39, 0.29) is 18.3 Å². The van der Waals surface area contributed by atoms with E-state index >= 15 is 0 Å². The lowest BCUT2D eigenvalue weighted by atomic mass is 10.2. The molecule has 3 aromatic rings. The minimum absolute atomic E-state index is 0.176. The summed E-state index contributed by atoms with van der Waals surface area (Å²) in [6, 6.07) is 13.5. The predicted octanol–water partition coefficient (Wildman–Crippen LogP) is 3.91. The molecule has 0 unspecified atom stereocenters. The summed E-state index contributed by atoms with van der Waals surface area (Å²) in [6.45, 7) is 2.92. The molecule has 2 heterocycles. The van der Waals surface area contributed by atoms with E-state index in [1.54, 1.807) is 12.3 Å². The van der Waals surface area contributed by atoms with Crippen molar-refractivity contribution in [2.45, 2.75) is 18.6 Å². The van der Waals surface area contributed by atoms with Gasteiger partial charge < -0.3 is 9.15 Å². The minimum atomic E-state index is -0.294. The molecule has 0 saturated heterocycles. The largest absolute Gasteiger partial charge is 0.461 e. The molecule has 0 atom stereocenters. The van der Waals surface area contributed by atoms with Gasteiger partial charge >= 0.3 is 5.97 Å². The van der Waals surface area contributed by atoms with Crippen LogP contribution in [0.1, 0.15) is 12.5 Å². The number of hydrogen-bond acceptors (Lipinski definition) is 6. The predicted molar refractivity (Wildman–Crippen MR) is 101 cm³/mol. The number of aromatic nitrogens is 3. The first-order valence-electron chi connectivity index (χ1n) is 8.25. The summed E-state index contributed by atoms with van der Waals surface area (Å²) in [5.41, 5.74) is 1.07. The highest BCUT2D eigenvalue weighted by molar-refractivity contribution is 7.99. The fourth-order valence-electron chi connectivity index (χ4n) is 2.32. The average Bonchev–Trinajstić information content (AvgIpc) is 3.33. The van der Waals surface area contributed by atoms with Crippen molar-refractivity contribution in [1.82, 2.24) is 14.8 Å². The molecule has 0 N–H and O–H groups in total. The van der Waals surface area contributed by atoms with Gasteiger partial charge in [-0.1, -0.05) is 48.2 Å². The highest BCUT2D eigenvalue weighted by Gasteiger charge is 2.16. The van der Waals surface area contributed by atoms with Crippen molar-refractivity contribution >= 4 is 23.8 Å². The van der Waals surface area contributed by atoms with Gasteiger partial charge in [-0.3, -0.25) is 9.36 Å². The van der Waals surface area contributed by atoms with Crippen LogP contribution in [0, 0.1) is 0 Å². The van der Waals surface area contributed by atoms with E-state index in [1.165, 1.54) is 11.8 Å². The number of carbonyl (C=O) groups is 1. The topological polar surface area (TPSA) is 70.2 Å². The van der Waals surface area contributed by atoms with Crippen LogP contribution in [0.2, 0.25) is 0 Å². The maximum Gasteiger partial charge on any atom is 0.316 e. The molecule has 1 aromatic carbocycles. The first-order chi connectivity index (χ1) is 12.8. The molecule has 26 heavy (non-hydrogen) atoms. The minimum Gasteiger partial charge on any atom is -0.461 e. The molecule has 2 aromatic heterocycles. The van der Waals surface area contributed by atoms with Crippen LogP contribution in [-0.4, -0.2) is 33.1 Å². The number of hydrogen-bond donors (Lipinski definition) is 0. The monoisotopic (exact) mass is 369 g/mol. The van der Waals surface area contributed by atoms with Gasteiger partial charge in [0, 0.05) is 6.54 Å². The lowest BCUT2D eigenvalue weighted by Gasteiger charge is -2.05. The Labute approximate surface area is 155 Å². The first kappa shape index (κ1) is 18.0. The number of nitrogens with zero attached hydrogens (tertiary/aromatic N) is 3. The number of thioether (sulfide) groups is 1. The van der Waals surface area contributed by atoms with Gasteiger partial charge in [-0.05, 0) is 30.7 Å². The van der Waals surface area contributed by atoms with Crippen molar-refractivity contribution in [3.8, 4) is 11.6 Å². The van der Waals surface area contributed by atoms with Crippen molar-refractivity contribution in [2.75, 3.05) is 12.4 Å². The zero-order valence-electron chi connectivity index (χ0n) is 14.4. The number of furan rings is 1. The lowest BCUT2D eigenvalue weighted by molar-refractivity contribution is -0.139. The van der Waals surface area contributed by atoms with Crippen LogP contribution in [0.25, 0.3) is 17.7 Å². The Bertz CT molecular complexity index is 858. The molecular weight excluding hydrogens is 350 g/mol. The summed E-state index contributed by atoms with van der Waals surface area (Å²) < 4.78 is 12.5. The number of benzene rings is 1. The van der Waals surface area contributed by atoms with Crippen molar-refractivity contribution in [3.05, 3.63) is 60.4 Å². The van der Waals surface area contributed by atoms with Crippen LogP contribution in [-0.2, 0) is 16.1 Å². The molecular formula is C19H19N3O3S. The molecule has 6 nitrogen and oxygen atoms in total. The van der Waals surface area contributed by atoms with Crippen molar-refractivity contribution in [1.29, 1.82) is 0 Å². The lowest BCUT2D eigenvalue weighted by Crippen LogP contribution is -2.08. The van der Waals surface area contributed by atoms with E-state index in [9.17, 15) is 4.79 Å². The van der Waals surface area contributed by atoms with Gasteiger partial charge in [0.2, 0.25) is 0 Å². The summed E-state index contributed by atoms with van der Waals surface area (Å²) in [5, 5.41) is 8.96. The number of carbonyl (C=O) groups excluding carboxylic acids is 1. The molecule has 3 rings (SSSR count). The molecule has 0 fully saturated rings. The Hall–Kier alpha value is -2.80. The smallest absolute Gasteiger partial charge is 0.316 e.